The summed E-state index contributed by atoms with van der Waals surface area (Å²) in [6, 6.07) is 11.4. The van der Waals surface area contributed by atoms with E-state index in [1.807, 2.05) is 28.8 Å². The Morgan fingerprint density at radius 2 is 2.00 bits per heavy atom. The molecule has 0 atom stereocenters. The fraction of sp³-hybridized carbons (Fsp3) is 0.0714. The predicted octanol–water partition coefficient (Wildman–Crippen LogP) is 3.77. The molecule has 0 aliphatic heterocycles. The molecule has 0 spiro atoms. The van der Waals surface area contributed by atoms with Crippen LogP contribution in [-0.2, 0) is 5.88 Å². The number of alkyl halides is 1. The van der Waals surface area contributed by atoms with Crippen molar-refractivity contribution in [2.45, 2.75) is 5.88 Å². The number of pyridine rings is 1. The maximum Gasteiger partial charge on any atom is 0.269 e. The number of rotatable bonds is 4. The van der Waals surface area contributed by atoms with Crippen LogP contribution in [-0.4, -0.2) is 14.3 Å². The van der Waals surface area contributed by atoms with Crippen LogP contribution >= 0.6 is 11.6 Å². The molecule has 0 aliphatic carbocycles. The number of non-ortho nitro benzene ring substituents is 1. The molecular weight excluding hydrogens is 294 g/mol. The van der Waals surface area contributed by atoms with Crippen molar-refractivity contribution < 1.29 is 9.66 Å². The van der Waals surface area contributed by atoms with Gasteiger partial charge in [-0.2, -0.15) is 4.98 Å². The van der Waals surface area contributed by atoms with Crippen molar-refractivity contribution in [1.29, 1.82) is 0 Å². The Bertz CT molecular complexity index is 799. The molecule has 106 valence electrons. The number of nitrogens with zero attached hydrogens (tertiary/aromatic N) is 3. The van der Waals surface area contributed by atoms with Crippen LogP contribution in [0.15, 0.2) is 48.7 Å². The summed E-state index contributed by atoms with van der Waals surface area (Å²) in [6.07, 6.45) is 1.85. The van der Waals surface area contributed by atoms with Crippen LogP contribution in [0.3, 0.4) is 0 Å². The van der Waals surface area contributed by atoms with Crippen LogP contribution in [0.25, 0.3) is 5.65 Å². The summed E-state index contributed by atoms with van der Waals surface area (Å²) in [5.74, 6) is 1.11. The van der Waals surface area contributed by atoms with E-state index in [4.69, 9.17) is 16.3 Å². The first kappa shape index (κ1) is 13.4. The molecule has 3 rings (SSSR count). The van der Waals surface area contributed by atoms with Crippen molar-refractivity contribution in [2.24, 2.45) is 0 Å². The van der Waals surface area contributed by atoms with Gasteiger partial charge in [0.25, 0.3) is 5.69 Å². The Balaban J connectivity index is 1.95. The van der Waals surface area contributed by atoms with Crippen molar-refractivity contribution in [2.75, 3.05) is 0 Å². The molecule has 21 heavy (non-hydrogen) atoms. The monoisotopic (exact) mass is 303 g/mol. The van der Waals surface area contributed by atoms with Crippen LogP contribution in [0.1, 0.15) is 5.69 Å². The zero-order valence-corrected chi connectivity index (χ0v) is 11.5. The smallest absolute Gasteiger partial charge is 0.269 e. The zero-order chi connectivity index (χ0) is 14.8. The molecule has 2 aromatic heterocycles. The lowest BCUT2D eigenvalue weighted by molar-refractivity contribution is -0.384. The van der Waals surface area contributed by atoms with Crippen LogP contribution < -0.4 is 4.74 Å². The second-order valence-electron chi connectivity index (χ2n) is 4.28. The molecule has 7 heteroatoms. The highest BCUT2D eigenvalue weighted by Crippen LogP contribution is 2.28. The summed E-state index contributed by atoms with van der Waals surface area (Å²) in [4.78, 5) is 14.5. The molecule has 0 saturated heterocycles. The molecule has 1 aromatic carbocycles. The van der Waals surface area contributed by atoms with Gasteiger partial charge in [-0.3, -0.25) is 14.5 Å². The van der Waals surface area contributed by atoms with E-state index in [1.165, 1.54) is 24.3 Å². The van der Waals surface area contributed by atoms with Gasteiger partial charge in [0.15, 0.2) is 0 Å². The average molecular weight is 304 g/mol. The quantitative estimate of drug-likeness (QED) is 0.418. The molecule has 3 aromatic rings. The lowest BCUT2D eigenvalue weighted by Crippen LogP contribution is -1.92. The molecule has 0 aliphatic rings. The molecule has 0 fully saturated rings. The normalized spacial score (nSPS) is 10.7. The summed E-state index contributed by atoms with van der Waals surface area (Å²) in [5.41, 5.74) is 1.46. The first-order chi connectivity index (χ1) is 10.2. The predicted molar refractivity (Wildman–Crippen MR) is 77.9 cm³/mol. The number of benzene rings is 1. The van der Waals surface area contributed by atoms with Gasteiger partial charge < -0.3 is 4.74 Å². The Morgan fingerprint density at radius 3 is 2.67 bits per heavy atom. The van der Waals surface area contributed by atoms with E-state index in [1.54, 1.807) is 0 Å². The van der Waals surface area contributed by atoms with Crippen molar-refractivity contribution in [3.63, 3.8) is 0 Å². The van der Waals surface area contributed by atoms with Gasteiger partial charge in [0.1, 0.15) is 17.1 Å². The highest BCUT2D eigenvalue weighted by molar-refractivity contribution is 6.17. The number of hydrogen-bond donors (Lipinski definition) is 0. The standard InChI is InChI=1S/C14H10ClN3O3/c15-9-12-14(16-13-3-1-2-8-17(12)13)21-11-6-4-10(5-7-11)18(19)20/h1-8H,9H2. The van der Waals surface area contributed by atoms with Gasteiger partial charge in [-0.15, -0.1) is 11.6 Å². The molecule has 6 nitrogen and oxygen atoms in total. The Hall–Kier alpha value is -2.60. The fourth-order valence-electron chi connectivity index (χ4n) is 1.98. The third-order valence-electron chi connectivity index (χ3n) is 2.98. The largest absolute Gasteiger partial charge is 0.437 e. The first-order valence-corrected chi connectivity index (χ1v) is 6.67. The van der Waals surface area contributed by atoms with Crippen molar-refractivity contribution in [3.8, 4) is 11.6 Å². The Morgan fingerprint density at radius 1 is 1.24 bits per heavy atom. The zero-order valence-electron chi connectivity index (χ0n) is 10.8. The molecule has 0 unspecified atom stereocenters. The summed E-state index contributed by atoms with van der Waals surface area (Å²) >= 11 is 5.96. The highest BCUT2D eigenvalue weighted by Gasteiger charge is 2.13. The first-order valence-electron chi connectivity index (χ1n) is 6.13. The van der Waals surface area contributed by atoms with Gasteiger partial charge >= 0.3 is 0 Å². The maximum absolute atomic E-state index is 10.6. The topological polar surface area (TPSA) is 69.7 Å². The van der Waals surface area contributed by atoms with Gasteiger partial charge in [-0.25, -0.2) is 0 Å². The minimum absolute atomic E-state index is 0.00918. The number of hydrogen-bond acceptors (Lipinski definition) is 4. The van der Waals surface area contributed by atoms with Crippen LogP contribution in [0.2, 0.25) is 0 Å². The van der Waals surface area contributed by atoms with E-state index in [2.05, 4.69) is 4.98 Å². The molecule has 0 radical (unpaired) electrons. The number of fused-ring (bicyclic) bond motifs is 1. The Kier molecular flexibility index (Phi) is 3.45. The summed E-state index contributed by atoms with van der Waals surface area (Å²) in [5, 5.41) is 10.6. The number of halogens is 1. The van der Waals surface area contributed by atoms with Crippen molar-refractivity contribution in [3.05, 3.63) is 64.5 Å². The minimum atomic E-state index is -0.459. The number of imidazole rings is 1. The number of nitro benzene ring substituents is 1. The lowest BCUT2D eigenvalue weighted by Gasteiger charge is -2.04. The molecule has 2 heterocycles. The van der Waals surface area contributed by atoms with Gasteiger partial charge in [0, 0.05) is 18.3 Å². The van der Waals surface area contributed by atoms with E-state index in [0.29, 0.717) is 11.6 Å². The molecule has 0 saturated carbocycles. The van der Waals surface area contributed by atoms with Crippen LogP contribution in [0.5, 0.6) is 11.6 Å². The third-order valence-corrected chi connectivity index (χ3v) is 3.23. The second-order valence-corrected chi connectivity index (χ2v) is 4.55. The Labute approximate surface area is 124 Å². The van der Waals surface area contributed by atoms with Crippen molar-refractivity contribution >= 4 is 22.9 Å². The van der Waals surface area contributed by atoms with Gasteiger partial charge in [0.05, 0.1) is 10.8 Å². The van der Waals surface area contributed by atoms with Crippen LogP contribution in [0.4, 0.5) is 5.69 Å². The average Bonchev–Trinajstić information content (AvgIpc) is 2.84. The third kappa shape index (κ3) is 2.53. The summed E-state index contributed by atoms with van der Waals surface area (Å²) < 4.78 is 7.52. The van der Waals surface area contributed by atoms with Crippen molar-refractivity contribution in [1.82, 2.24) is 9.38 Å². The van der Waals surface area contributed by atoms with E-state index >= 15 is 0 Å². The van der Waals surface area contributed by atoms with Gasteiger partial charge in [-0.1, -0.05) is 6.07 Å². The summed E-state index contributed by atoms with van der Waals surface area (Å²) in [7, 11) is 0. The number of nitro groups is 1. The molecule has 0 N–H and O–H groups in total. The maximum atomic E-state index is 10.6. The fourth-order valence-corrected chi connectivity index (χ4v) is 2.22. The van der Waals surface area contributed by atoms with Crippen LogP contribution in [0, 0.1) is 10.1 Å². The lowest BCUT2D eigenvalue weighted by atomic mass is 10.3. The van der Waals surface area contributed by atoms with E-state index in [0.717, 1.165) is 11.3 Å². The molecule has 0 bridgehead atoms. The minimum Gasteiger partial charge on any atom is -0.437 e. The number of aromatic nitrogens is 2. The van der Waals surface area contributed by atoms with E-state index in [-0.39, 0.29) is 11.6 Å². The molecular formula is C14H10ClN3O3. The molecule has 0 amide bonds. The number of ether oxygens (including phenoxy) is 1. The van der Waals surface area contributed by atoms with Gasteiger partial charge in [-0.05, 0) is 24.3 Å². The highest BCUT2D eigenvalue weighted by atomic mass is 35.5. The van der Waals surface area contributed by atoms with E-state index in [9.17, 15) is 10.1 Å². The second kappa shape index (κ2) is 5.41. The van der Waals surface area contributed by atoms with E-state index < -0.39 is 4.92 Å². The van der Waals surface area contributed by atoms with Gasteiger partial charge in [0.2, 0.25) is 5.88 Å². The SMILES string of the molecule is O=[N+]([O-])c1ccc(Oc2nc3ccccn3c2CCl)cc1. The summed E-state index contributed by atoms with van der Waals surface area (Å²) in [6.45, 7) is 0.